The number of carbonyl (C=O) groups excluding carboxylic acids is 1. The van der Waals surface area contributed by atoms with E-state index in [1.807, 2.05) is 0 Å². The van der Waals surface area contributed by atoms with Crippen molar-refractivity contribution < 1.29 is 23.8 Å². The van der Waals surface area contributed by atoms with Crippen LogP contribution in [0.15, 0.2) is 12.7 Å². The lowest BCUT2D eigenvalue weighted by atomic mass is 10.1. The van der Waals surface area contributed by atoms with Crippen LogP contribution in [0.1, 0.15) is 12.8 Å². The average molecular weight is 231 g/mol. The van der Waals surface area contributed by atoms with Crippen LogP contribution in [0.3, 0.4) is 0 Å². The second kappa shape index (κ2) is 5.48. The molecule has 0 bridgehead atoms. The fraction of sp³-hybridized carbons (Fsp3) is 0.600. The lowest BCUT2D eigenvalue weighted by molar-refractivity contribution is -0.138. The summed E-state index contributed by atoms with van der Waals surface area (Å²) in [6.45, 7) is 3.31. The van der Waals surface area contributed by atoms with E-state index in [9.17, 15) is 14.0 Å². The zero-order valence-corrected chi connectivity index (χ0v) is 8.76. The van der Waals surface area contributed by atoms with E-state index in [1.165, 1.54) is 6.08 Å². The largest absolute Gasteiger partial charge is 0.481 e. The number of carbonyl (C=O) groups is 2. The Bertz CT molecular complexity index is 295. The fourth-order valence-corrected chi connectivity index (χ4v) is 1.69. The minimum absolute atomic E-state index is 0.0338. The summed E-state index contributed by atoms with van der Waals surface area (Å²) in [5.41, 5.74) is 0. The number of aliphatic carboxylic acids is 1. The molecule has 0 aromatic heterocycles. The summed E-state index contributed by atoms with van der Waals surface area (Å²) < 4.78 is 17.8. The van der Waals surface area contributed by atoms with Gasteiger partial charge in [-0.3, -0.25) is 4.79 Å². The van der Waals surface area contributed by atoms with Gasteiger partial charge in [-0.2, -0.15) is 0 Å². The third kappa shape index (κ3) is 3.22. The van der Waals surface area contributed by atoms with Crippen molar-refractivity contribution in [2.24, 2.45) is 0 Å². The second-order valence-electron chi connectivity index (χ2n) is 3.60. The number of nitrogens with zero attached hydrogens (tertiary/aromatic N) is 1. The number of hydrogen-bond acceptors (Lipinski definition) is 3. The molecule has 0 spiro atoms. The number of rotatable bonds is 4. The average Bonchev–Trinajstić information content (AvgIpc) is 2.55. The number of ether oxygens (including phenoxy) is 1. The Morgan fingerprint density at radius 2 is 2.31 bits per heavy atom. The Hall–Kier alpha value is -1.59. The molecule has 1 aliphatic rings. The third-order valence-electron chi connectivity index (χ3n) is 2.33. The van der Waals surface area contributed by atoms with Crippen molar-refractivity contribution >= 4 is 12.1 Å². The molecule has 1 heterocycles. The minimum Gasteiger partial charge on any atom is -0.481 e. The Kier molecular flexibility index (Phi) is 4.28. The van der Waals surface area contributed by atoms with Gasteiger partial charge in [-0.1, -0.05) is 12.7 Å². The van der Waals surface area contributed by atoms with Gasteiger partial charge >= 0.3 is 12.1 Å². The Balaban J connectivity index is 2.57. The summed E-state index contributed by atoms with van der Waals surface area (Å²) in [5.74, 6) is -1.05. The maximum absolute atomic E-state index is 13.1. The van der Waals surface area contributed by atoms with Crippen molar-refractivity contribution in [1.29, 1.82) is 0 Å². The molecule has 1 N–H and O–H groups in total. The molecule has 0 radical (unpaired) electrons. The maximum Gasteiger partial charge on any atom is 0.410 e. The molecule has 6 heteroatoms. The van der Waals surface area contributed by atoms with Crippen molar-refractivity contribution in [3.63, 3.8) is 0 Å². The Labute approximate surface area is 92.5 Å². The molecule has 1 fully saturated rings. The quantitative estimate of drug-likeness (QED) is 0.738. The van der Waals surface area contributed by atoms with Crippen molar-refractivity contribution in [2.75, 3.05) is 13.2 Å². The molecule has 0 aromatic carbocycles. The van der Waals surface area contributed by atoms with E-state index in [0.29, 0.717) is 0 Å². The number of carboxylic acid groups (broad SMARTS) is 1. The van der Waals surface area contributed by atoms with Crippen LogP contribution in [0.2, 0.25) is 0 Å². The number of alkyl halides is 1. The van der Waals surface area contributed by atoms with Crippen molar-refractivity contribution in [1.82, 2.24) is 4.90 Å². The predicted molar refractivity (Wildman–Crippen MR) is 53.8 cm³/mol. The first-order valence-electron chi connectivity index (χ1n) is 4.94. The number of amides is 1. The van der Waals surface area contributed by atoms with Crippen LogP contribution in [0.5, 0.6) is 0 Å². The monoisotopic (exact) mass is 231 g/mol. The van der Waals surface area contributed by atoms with Gasteiger partial charge in [0.1, 0.15) is 12.8 Å². The van der Waals surface area contributed by atoms with Crippen molar-refractivity contribution in [2.45, 2.75) is 25.1 Å². The summed E-state index contributed by atoms with van der Waals surface area (Å²) in [4.78, 5) is 23.1. The van der Waals surface area contributed by atoms with Gasteiger partial charge in [-0.05, 0) is 0 Å². The van der Waals surface area contributed by atoms with Crippen LogP contribution in [-0.2, 0) is 9.53 Å². The fourth-order valence-electron chi connectivity index (χ4n) is 1.69. The van der Waals surface area contributed by atoms with Crippen LogP contribution in [-0.4, -0.2) is 47.4 Å². The van der Waals surface area contributed by atoms with Gasteiger partial charge in [0.2, 0.25) is 0 Å². The van der Waals surface area contributed by atoms with Crippen LogP contribution in [0.4, 0.5) is 9.18 Å². The predicted octanol–water partition coefficient (Wildman–Crippen LogP) is 1.20. The highest BCUT2D eigenvalue weighted by Gasteiger charge is 2.37. The summed E-state index contributed by atoms with van der Waals surface area (Å²) in [7, 11) is 0. The smallest absolute Gasteiger partial charge is 0.410 e. The molecule has 90 valence electrons. The summed E-state index contributed by atoms with van der Waals surface area (Å²) >= 11 is 0. The standard InChI is InChI=1S/C10H14FNO4/c1-2-3-16-10(15)12-6-7(11)4-8(12)5-9(13)14/h2,7-8H,1,3-6H2,(H,13,14)/t7-,8+/m0/s1. The molecule has 0 unspecified atom stereocenters. The van der Waals surface area contributed by atoms with E-state index in [2.05, 4.69) is 6.58 Å². The van der Waals surface area contributed by atoms with Gasteiger partial charge in [0, 0.05) is 12.5 Å². The normalized spacial score (nSPS) is 24.2. The van der Waals surface area contributed by atoms with E-state index in [0.717, 1.165) is 4.90 Å². The molecule has 1 rings (SSSR count). The maximum atomic E-state index is 13.1. The third-order valence-corrected chi connectivity index (χ3v) is 2.33. The van der Waals surface area contributed by atoms with Crippen LogP contribution >= 0.6 is 0 Å². The summed E-state index contributed by atoms with van der Waals surface area (Å²) in [6, 6.07) is -0.621. The van der Waals surface area contributed by atoms with E-state index in [4.69, 9.17) is 9.84 Å². The molecule has 16 heavy (non-hydrogen) atoms. The molecular formula is C10H14FNO4. The molecule has 0 saturated carbocycles. The van der Waals surface area contributed by atoms with Gasteiger partial charge in [0.25, 0.3) is 0 Å². The van der Waals surface area contributed by atoms with Gasteiger partial charge in [-0.15, -0.1) is 0 Å². The zero-order valence-electron chi connectivity index (χ0n) is 8.76. The van der Waals surface area contributed by atoms with Crippen LogP contribution in [0.25, 0.3) is 0 Å². The summed E-state index contributed by atoms with van der Waals surface area (Å²) in [5, 5.41) is 8.62. The molecule has 1 amide bonds. The first kappa shape index (κ1) is 12.5. The Morgan fingerprint density at radius 1 is 1.62 bits per heavy atom. The lowest BCUT2D eigenvalue weighted by Crippen LogP contribution is -2.37. The molecule has 2 atom stereocenters. The highest BCUT2D eigenvalue weighted by atomic mass is 19.1. The molecule has 0 aliphatic carbocycles. The zero-order chi connectivity index (χ0) is 12.1. The van der Waals surface area contributed by atoms with Crippen LogP contribution < -0.4 is 0 Å². The SMILES string of the molecule is C=CCOC(=O)N1C[C@@H](F)C[C@@H]1CC(=O)O. The first-order valence-corrected chi connectivity index (χ1v) is 4.94. The van der Waals surface area contributed by atoms with E-state index in [-0.39, 0.29) is 26.0 Å². The number of likely N-dealkylation sites (tertiary alicyclic amines) is 1. The van der Waals surface area contributed by atoms with Gasteiger partial charge in [0.05, 0.1) is 13.0 Å². The molecule has 0 aromatic rings. The molecular weight excluding hydrogens is 217 g/mol. The topological polar surface area (TPSA) is 66.8 Å². The first-order chi connectivity index (χ1) is 7.54. The number of hydrogen-bond donors (Lipinski definition) is 1. The minimum atomic E-state index is -1.18. The van der Waals surface area contributed by atoms with E-state index in [1.54, 1.807) is 0 Å². The summed E-state index contributed by atoms with van der Waals surface area (Å²) in [6.07, 6.45) is -0.682. The van der Waals surface area contributed by atoms with Gasteiger partial charge < -0.3 is 14.7 Å². The highest BCUT2D eigenvalue weighted by molar-refractivity contribution is 5.72. The van der Waals surface area contributed by atoms with E-state index >= 15 is 0 Å². The number of carboxylic acids is 1. The van der Waals surface area contributed by atoms with Crippen molar-refractivity contribution in [3.8, 4) is 0 Å². The Morgan fingerprint density at radius 3 is 2.88 bits per heavy atom. The van der Waals surface area contributed by atoms with Gasteiger partial charge in [-0.25, -0.2) is 9.18 Å². The van der Waals surface area contributed by atoms with Gasteiger partial charge in [0.15, 0.2) is 0 Å². The molecule has 1 aliphatic heterocycles. The second-order valence-corrected chi connectivity index (χ2v) is 3.60. The number of halogens is 1. The highest BCUT2D eigenvalue weighted by Crippen LogP contribution is 2.23. The van der Waals surface area contributed by atoms with Crippen molar-refractivity contribution in [3.05, 3.63) is 12.7 Å². The lowest BCUT2D eigenvalue weighted by Gasteiger charge is -2.21. The molecule has 1 saturated heterocycles. The van der Waals surface area contributed by atoms with Crippen LogP contribution in [0, 0.1) is 0 Å². The van der Waals surface area contributed by atoms with E-state index < -0.39 is 24.3 Å². The molecule has 5 nitrogen and oxygen atoms in total.